The minimum atomic E-state index is -0.255. The number of hydrogen-bond donors (Lipinski definition) is 1. The number of benzene rings is 2. The van der Waals surface area contributed by atoms with E-state index in [1.165, 1.54) is 17.3 Å². The Morgan fingerprint density at radius 2 is 1.64 bits per heavy atom. The number of nitrogens with one attached hydrogen (secondary N) is 1. The minimum Gasteiger partial charge on any atom is -0.355 e. The van der Waals surface area contributed by atoms with E-state index in [9.17, 15) is 4.79 Å². The number of aromatic nitrogens is 3. The molecule has 0 fully saturated rings. The maximum atomic E-state index is 12.4. The Balaban J connectivity index is 1.86. The van der Waals surface area contributed by atoms with Gasteiger partial charge in [0.05, 0.1) is 5.25 Å². The summed E-state index contributed by atoms with van der Waals surface area (Å²) in [6.45, 7) is 6.75. The maximum absolute atomic E-state index is 12.4. The molecule has 0 aliphatic heterocycles. The van der Waals surface area contributed by atoms with Gasteiger partial charge in [0.2, 0.25) is 5.91 Å². The van der Waals surface area contributed by atoms with Crippen LogP contribution in [-0.4, -0.2) is 32.5 Å². The molecule has 0 spiro atoms. The summed E-state index contributed by atoms with van der Waals surface area (Å²) >= 11 is 1.43. The summed E-state index contributed by atoms with van der Waals surface area (Å²) in [5, 5.41) is 12.3. The van der Waals surface area contributed by atoms with Gasteiger partial charge in [-0.15, -0.1) is 10.2 Å². The summed E-state index contributed by atoms with van der Waals surface area (Å²) in [6.07, 6.45) is 0.678. The summed E-state index contributed by atoms with van der Waals surface area (Å²) in [5.74, 6) is 1.30. The largest absolute Gasteiger partial charge is 0.355 e. The first-order chi connectivity index (χ1) is 13.5. The van der Waals surface area contributed by atoms with Crippen LogP contribution < -0.4 is 5.32 Å². The third-order valence-corrected chi connectivity index (χ3v) is 5.30. The molecule has 1 heterocycles. The van der Waals surface area contributed by atoms with Gasteiger partial charge in [0.15, 0.2) is 5.16 Å². The van der Waals surface area contributed by atoms with Crippen LogP contribution in [-0.2, 0) is 11.2 Å². The lowest BCUT2D eigenvalue weighted by Crippen LogP contribution is -2.33. The third kappa shape index (κ3) is 5.23. The molecule has 1 amide bonds. The Labute approximate surface area is 170 Å². The van der Waals surface area contributed by atoms with Crippen LogP contribution in [0.4, 0.5) is 0 Å². The first-order valence-corrected chi connectivity index (χ1v) is 10.4. The second-order valence-corrected chi connectivity index (χ2v) is 8.44. The molecule has 0 saturated carbocycles. The highest BCUT2D eigenvalue weighted by molar-refractivity contribution is 8.00. The molecule has 0 saturated heterocycles. The zero-order chi connectivity index (χ0) is 19.9. The lowest BCUT2D eigenvalue weighted by atomic mass is 10.1. The van der Waals surface area contributed by atoms with Crippen molar-refractivity contribution < 1.29 is 4.79 Å². The van der Waals surface area contributed by atoms with Crippen LogP contribution >= 0.6 is 11.8 Å². The van der Waals surface area contributed by atoms with Crippen molar-refractivity contribution in [2.24, 2.45) is 5.92 Å². The van der Waals surface area contributed by atoms with Gasteiger partial charge in [0.1, 0.15) is 5.82 Å². The van der Waals surface area contributed by atoms with Gasteiger partial charge in [-0.3, -0.25) is 9.36 Å². The van der Waals surface area contributed by atoms with Crippen LogP contribution in [0, 0.1) is 5.92 Å². The van der Waals surface area contributed by atoms with Gasteiger partial charge < -0.3 is 5.32 Å². The molecule has 3 rings (SSSR count). The molecule has 0 radical (unpaired) electrons. The van der Waals surface area contributed by atoms with Crippen molar-refractivity contribution in [3.05, 3.63) is 72.1 Å². The minimum absolute atomic E-state index is 0.0194. The van der Waals surface area contributed by atoms with E-state index in [0.29, 0.717) is 18.9 Å². The Bertz CT molecular complexity index is 893. The summed E-state index contributed by atoms with van der Waals surface area (Å²) in [4.78, 5) is 12.4. The van der Waals surface area contributed by atoms with Crippen LogP contribution in [0.2, 0.25) is 0 Å². The van der Waals surface area contributed by atoms with Gasteiger partial charge in [-0.2, -0.15) is 0 Å². The lowest BCUT2D eigenvalue weighted by Gasteiger charge is -2.14. The number of amides is 1. The van der Waals surface area contributed by atoms with E-state index in [0.717, 1.165) is 16.7 Å². The van der Waals surface area contributed by atoms with E-state index < -0.39 is 0 Å². The van der Waals surface area contributed by atoms with Crippen LogP contribution in [0.25, 0.3) is 5.69 Å². The molecule has 1 atom stereocenters. The van der Waals surface area contributed by atoms with E-state index in [1.54, 1.807) is 0 Å². The molecule has 146 valence electrons. The van der Waals surface area contributed by atoms with Gasteiger partial charge in [-0.1, -0.05) is 74.1 Å². The molecule has 6 heteroatoms. The van der Waals surface area contributed by atoms with E-state index >= 15 is 0 Å². The maximum Gasteiger partial charge on any atom is 0.233 e. The van der Waals surface area contributed by atoms with E-state index in [4.69, 9.17) is 0 Å². The molecule has 2 aromatic carbocycles. The standard InChI is InChI=1S/C22H26N4OS/c1-16(2)15-23-21(27)17(3)28-22-25-24-20(14-18-10-6-4-7-11-18)26(22)19-12-8-5-9-13-19/h4-13,16-17H,14-15H2,1-3H3,(H,23,27). The summed E-state index contributed by atoms with van der Waals surface area (Å²) in [5.41, 5.74) is 2.17. The molecule has 3 aromatic rings. The van der Waals surface area contributed by atoms with Crippen molar-refractivity contribution in [3.8, 4) is 5.69 Å². The zero-order valence-electron chi connectivity index (χ0n) is 16.5. The molecule has 0 aliphatic carbocycles. The molecular formula is C22H26N4OS. The SMILES string of the molecule is CC(C)CNC(=O)C(C)Sc1nnc(Cc2ccccc2)n1-c1ccccc1. The average molecular weight is 395 g/mol. The quantitative estimate of drug-likeness (QED) is 0.584. The summed E-state index contributed by atoms with van der Waals surface area (Å²) in [6, 6.07) is 20.3. The fraction of sp³-hybridized carbons (Fsp3) is 0.318. The van der Waals surface area contributed by atoms with Crippen LogP contribution in [0.15, 0.2) is 65.8 Å². The predicted octanol–water partition coefficient (Wildman–Crippen LogP) is 4.11. The average Bonchev–Trinajstić information content (AvgIpc) is 3.09. The number of hydrogen-bond acceptors (Lipinski definition) is 4. The summed E-state index contributed by atoms with van der Waals surface area (Å²) < 4.78 is 2.05. The van der Waals surface area contributed by atoms with Gasteiger partial charge in [0.25, 0.3) is 0 Å². The number of carbonyl (C=O) groups is 1. The Kier molecular flexibility index (Phi) is 6.87. The molecule has 1 N–H and O–H groups in total. The molecule has 1 aromatic heterocycles. The van der Waals surface area contributed by atoms with Crippen LogP contribution in [0.1, 0.15) is 32.2 Å². The Morgan fingerprint density at radius 1 is 1.00 bits per heavy atom. The van der Waals surface area contributed by atoms with Gasteiger partial charge in [0, 0.05) is 18.7 Å². The highest BCUT2D eigenvalue weighted by Gasteiger charge is 2.21. The Hall–Kier alpha value is -2.60. The normalized spacial score (nSPS) is 12.1. The fourth-order valence-electron chi connectivity index (χ4n) is 2.77. The highest BCUT2D eigenvalue weighted by Crippen LogP contribution is 2.26. The molecular weight excluding hydrogens is 368 g/mol. The predicted molar refractivity (Wildman–Crippen MR) is 114 cm³/mol. The van der Waals surface area contributed by atoms with Crippen molar-refractivity contribution in [3.63, 3.8) is 0 Å². The zero-order valence-corrected chi connectivity index (χ0v) is 17.3. The highest BCUT2D eigenvalue weighted by atomic mass is 32.2. The van der Waals surface area contributed by atoms with E-state index in [1.807, 2.05) is 60.0 Å². The molecule has 28 heavy (non-hydrogen) atoms. The van der Waals surface area contributed by atoms with Crippen molar-refractivity contribution in [2.45, 2.75) is 37.6 Å². The molecule has 5 nitrogen and oxygen atoms in total. The van der Waals surface area contributed by atoms with E-state index in [-0.39, 0.29) is 11.2 Å². The number of carbonyl (C=O) groups excluding carboxylic acids is 1. The first kappa shape index (κ1) is 20.1. The number of para-hydroxylation sites is 1. The molecule has 1 unspecified atom stereocenters. The fourth-order valence-corrected chi connectivity index (χ4v) is 3.68. The lowest BCUT2D eigenvalue weighted by molar-refractivity contribution is -0.120. The van der Waals surface area contributed by atoms with Crippen molar-refractivity contribution >= 4 is 17.7 Å². The topological polar surface area (TPSA) is 59.8 Å². The van der Waals surface area contributed by atoms with Crippen molar-refractivity contribution in [1.29, 1.82) is 0 Å². The van der Waals surface area contributed by atoms with Gasteiger partial charge >= 0.3 is 0 Å². The molecule has 0 aliphatic rings. The second kappa shape index (κ2) is 9.55. The first-order valence-electron chi connectivity index (χ1n) is 9.52. The van der Waals surface area contributed by atoms with Crippen molar-refractivity contribution in [1.82, 2.24) is 20.1 Å². The van der Waals surface area contributed by atoms with Gasteiger partial charge in [-0.25, -0.2) is 0 Å². The monoisotopic (exact) mass is 394 g/mol. The van der Waals surface area contributed by atoms with Crippen molar-refractivity contribution in [2.75, 3.05) is 6.54 Å². The number of thioether (sulfide) groups is 1. The third-order valence-electron chi connectivity index (χ3n) is 4.26. The Morgan fingerprint density at radius 3 is 2.29 bits per heavy atom. The van der Waals surface area contributed by atoms with Crippen LogP contribution in [0.3, 0.4) is 0 Å². The molecule has 0 bridgehead atoms. The van der Waals surface area contributed by atoms with Gasteiger partial charge in [-0.05, 0) is 30.5 Å². The summed E-state index contributed by atoms with van der Waals surface area (Å²) in [7, 11) is 0. The second-order valence-electron chi connectivity index (χ2n) is 7.13. The number of rotatable bonds is 8. The number of nitrogens with zero attached hydrogens (tertiary/aromatic N) is 3. The van der Waals surface area contributed by atoms with Crippen LogP contribution in [0.5, 0.6) is 0 Å². The smallest absolute Gasteiger partial charge is 0.233 e. The van der Waals surface area contributed by atoms with E-state index in [2.05, 4.69) is 41.5 Å².